The largest absolute Gasteiger partial charge is 0.312 e. The van der Waals surface area contributed by atoms with Gasteiger partial charge in [0.25, 0.3) is 0 Å². The molecule has 0 saturated carbocycles. The van der Waals surface area contributed by atoms with Gasteiger partial charge in [-0.1, -0.05) is 17.7 Å². The van der Waals surface area contributed by atoms with Crippen LogP contribution in [0.25, 0.3) is 0 Å². The molecule has 0 saturated heterocycles. The number of aromatic nitrogens is 1. The number of hydrogen-bond acceptors (Lipinski definition) is 2. The van der Waals surface area contributed by atoms with Crippen LogP contribution in [0.3, 0.4) is 0 Å². The lowest BCUT2D eigenvalue weighted by Gasteiger charge is -2.16. The van der Waals surface area contributed by atoms with Crippen molar-refractivity contribution >= 4 is 11.6 Å². The van der Waals surface area contributed by atoms with Crippen LogP contribution in [0, 0.1) is 0 Å². The maximum absolute atomic E-state index is 6.09. The minimum atomic E-state index is 0.235. The Morgan fingerprint density at radius 1 is 1.67 bits per heavy atom. The number of pyridine rings is 1. The lowest BCUT2D eigenvalue weighted by atomic mass is 10.1. The van der Waals surface area contributed by atoms with E-state index in [1.807, 2.05) is 25.3 Å². The van der Waals surface area contributed by atoms with E-state index in [0.29, 0.717) is 0 Å². The summed E-state index contributed by atoms with van der Waals surface area (Å²) in [6.45, 7) is 3.71. The van der Waals surface area contributed by atoms with Gasteiger partial charge >= 0.3 is 0 Å². The minimum absolute atomic E-state index is 0.235. The zero-order chi connectivity index (χ0) is 11.1. The summed E-state index contributed by atoms with van der Waals surface area (Å²) < 4.78 is 0. The van der Waals surface area contributed by atoms with Gasteiger partial charge in [-0.2, -0.15) is 0 Å². The predicted molar refractivity (Wildman–Crippen MR) is 65.1 cm³/mol. The summed E-state index contributed by atoms with van der Waals surface area (Å²) in [6.07, 6.45) is 6.87. The van der Waals surface area contributed by atoms with E-state index in [0.717, 1.165) is 30.0 Å². The molecular formula is C12H17ClN2. The van der Waals surface area contributed by atoms with Gasteiger partial charge in [0.15, 0.2) is 0 Å². The molecule has 1 aromatic rings. The molecule has 0 fully saturated rings. The van der Waals surface area contributed by atoms with E-state index in [9.17, 15) is 0 Å². The highest BCUT2D eigenvalue weighted by Gasteiger charge is 2.12. The lowest BCUT2D eigenvalue weighted by molar-refractivity contribution is 0.518. The normalized spacial score (nSPS) is 12.4. The number of nitrogens with zero attached hydrogens (tertiary/aromatic N) is 1. The first kappa shape index (κ1) is 12.2. The molecule has 1 rings (SSSR count). The molecular weight excluding hydrogens is 208 g/mol. The second-order valence-corrected chi connectivity index (χ2v) is 3.84. The molecule has 1 atom stereocenters. The molecule has 0 aliphatic carbocycles. The maximum atomic E-state index is 6.09. The van der Waals surface area contributed by atoms with E-state index in [4.69, 9.17) is 11.6 Å². The SMILES string of the molecule is C=CCCCC(NC)c1ncccc1Cl. The van der Waals surface area contributed by atoms with Crippen molar-refractivity contribution in [3.63, 3.8) is 0 Å². The highest BCUT2D eigenvalue weighted by Crippen LogP contribution is 2.23. The van der Waals surface area contributed by atoms with Gasteiger partial charge in [0.05, 0.1) is 16.8 Å². The molecule has 82 valence electrons. The van der Waals surface area contributed by atoms with Crippen molar-refractivity contribution in [3.05, 3.63) is 41.7 Å². The van der Waals surface area contributed by atoms with Crippen LogP contribution < -0.4 is 5.32 Å². The number of halogens is 1. The number of nitrogens with one attached hydrogen (secondary N) is 1. The monoisotopic (exact) mass is 224 g/mol. The van der Waals surface area contributed by atoms with Crippen LogP contribution in [-0.2, 0) is 0 Å². The fourth-order valence-corrected chi connectivity index (χ4v) is 1.79. The van der Waals surface area contributed by atoms with Gasteiger partial charge < -0.3 is 5.32 Å². The molecule has 15 heavy (non-hydrogen) atoms. The summed E-state index contributed by atoms with van der Waals surface area (Å²) in [5.74, 6) is 0. The third-order valence-electron chi connectivity index (χ3n) is 2.37. The van der Waals surface area contributed by atoms with E-state index in [-0.39, 0.29) is 6.04 Å². The van der Waals surface area contributed by atoms with Crippen molar-refractivity contribution in [2.75, 3.05) is 7.05 Å². The standard InChI is InChI=1S/C12H17ClN2/c1-3-4-5-8-11(14-2)12-10(13)7-6-9-15-12/h3,6-7,9,11,14H,1,4-5,8H2,2H3. The fraction of sp³-hybridized carbons (Fsp3) is 0.417. The number of unbranched alkanes of at least 4 members (excludes halogenated alkanes) is 1. The number of hydrogen-bond donors (Lipinski definition) is 1. The van der Waals surface area contributed by atoms with Crippen LogP contribution in [0.4, 0.5) is 0 Å². The maximum Gasteiger partial charge on any atom is 0.0758 e. The van der Waals surface area contributed by atoms with Gasteiger partial charge in [-0.15, -0.1) is 6.58 Å². The minimum Gasteiger partial charge on any atom is -0.312 e. The summed E-state index contributed by atoms with van der Waals surface area (Å²) in [6, 6.07) is 3.96. The van der Waals surface area contributed by atoms with Crippen molar-refractivity contribution in [2.24, 2.45) is 0 Å². The molecule has 1 unspecified atom stereocenters. The Morgan fingerprint density at radius 3 is 3.07 bits per heavy atom. The van der Waals surface area contributed by atoms with E-state index in [2.05, 4.69) is 16.9 Å². The Hall–Kier alpha value is -0.860. The Morgan fingerprint density at radius 2 is 2.47 bits per heavy atom. The van der Waals surface area contributed by atoms with Crippen molar-refractivity contribution in [1.29, 1.82) is 0 Å². The van der Waals surface area contributed by atoms with E-state index >= 15 is 0 Å². The Bertz CT molecular complexity index is 312. The Balaban J connectivity index is 2.65. The highest BCUT2D eigenvalue weighted by molar-refractivity contribution is 6.31. The first-order valence-electron chi connectivity index (χ1n) is 5.18. The molecule has 1 aromatic heterocycles. The smallest absolute Gasteiger partial charge is 0.0758 e. The zero-order valence-corrected chi connectivity index (χ0v) is 9.80. The van der Waals surface area contributed by atoms with E-state index in [1.54, 1.807) is 6.20 Å². The summed E-state index contributed by atoms with van der Waals surface area (Å²) in [4.78, 5) is 4.31. The summed E-state index contributed by atoms with van der Waals surface area (Å²) >= 11 is 6.09. The highest BCUT2D eigenvalue weighted by atomic mass is 35.5. The molecule has 0 amide bonds. The molecule has 3 heteroatoms. The zero-order valence-electron chi connectivity index (χ0n) is 9.04. The topological polar surface area (TPSA) is 24.9 Å². The van der Waals surface area contributed by atoms with E-state index < -0.39 is 0 Å². The van der Waals surface area contributed by atoms with Crippen LogP contribution in [-0.4, -0.2) is 12.0 Å². The quantitative estimate of drug-likeness (QED) is 0.592. The molecule has 2 nitrogen and oxygen atoms in total. The average molecular weight is 225 g/mol. The molecule has 0 bridgehead atoms. The molecule has 0 aliphatic rings. The van der Waals surface area contributed by atoms with Gasteiger partial charge in [-0.3, -0.25) is 4.98 Å². The third-order valence-corrected chi connectivity index (χ3v) is 2.69. The summed E-state index contributed by atoms with van der Waals surface area (Å²) in [5, 5.41) is 3.97. The van der Waals surface area contributed by atoms with Gasteiger partial charge in [-0.05, 0) is 38.4 Å². The van der Waals surface area contributed by atoms with Gasteiger partial charge in [0, 0.05) is 6.20 Å². The summed E-state index contributed by atoms with van der Waals surface area (Å²) in [5.41, 5.74) is 0.936. The molecule has 0 aromatic carbocycles. The van der Waals surface area contributed by atoms with Crippen LogP contribution in [0.5, 0.6) is 0 Å². The van der Waals surface area contributed by atoms with Crippen molar-refractivity contribution in [3.8, 4) is 0 Å². The number of rotatable bonds is 6. The second-order valence-electron chi connectivity index (χ2n) is 3.43. The van der Waals surface area contributed by atoms with Crippen LogP contribution in [0.1, 0.15) is 31.0 Å². The fourth-order valence-electron chi connectivity index (χ4n) is 1.54. The Kier molecular flexibility index (Phi) is 5.37. The molecule has 0 aliphatic heterocycles. The molecule has 0 radical (unpaired) electrons. The number of allylic oxidation sites excluding steroid dienone is 1. The van der Waals surface area contributed by atoms with Crippen LogP contribution in [0.15, 0.2) is 31.0 Å². The van der Waals surface area contributed by atoms with Gasteiger partial charge in [-0.25, -0.2) is 0 Å². The Labute approximate surface area is 96.4 Å². The first-order valence-corrected chi connectivity index (χ1v) is 5.56. The third kappa shape index (κ3) is 3.65. The van der Waals surface area contributed by atoms with Crippen molar-refractivity contribution < 1.29 is 0 Å². The molecule has 1 N–H and O–H groups in total. The second kappa shape index (κ2) is 6.59. The van der Waals surface area contributed by atoms with E-state index in [1.165, 1.54) is 0 Å². The predicted octanol–water partition coefficient (Wildman–Crippen LogP) is 3.35. The molecule has 1 heterocycles. The van der Waals surface area contributed by atoms with Crippen LogP contribution in [0.2, 0.25) is 5.02 Å². The lowest BCUT2D eigenvalue weighted by Crippen LogP contribution is -2.17. The van der Waals surface area contributed by atoms with Gasteiger partial charge in [0.2, 0.25) is 0 Å². The van der Waals surface area contributed by atoms with Crippen molar-refractivity contribution in [2.45, 2.75) is 25.3 Å². The first-order chi connectivity index (χ1) is 7.29. The van der Waals surface area contributed by atoms with Crippen LogP contribution >= 0.6 is 11.6 Å². The average Bonchev–Trinajstić information content (AvgIpc) is 2.26. The van der Waals surface area contributed by atoms with Crippen molar-refractivity contribution in [1.82, 2.24) is 10.3 Å². The summed E-state index contributed by atoms with van der Waals surface area (Å²) in [7, 11) is 1.93. The van der Waals surface area contributed by atoms with Gasteiger partial charge in [0.1, 0.15) is 0 Å². The molecule has 0 spiro atoms.